The third kappa shape index (κ3) is 4.96. The summed E-state index contributed by atoms with van der Waals surface area (Å²) in [6.07, 6.45) is 1.92. The van der Waals surface area contributed by atoms with E-state index in [9.17, 15) is 14.3 Å². The van der Waals surface area contributed by atoms with Gasteiger partial charge in [-0.25, -0.2) is 22.4 Å². The zero-order chi connectivity index (χ0) is 33.4. The summed E-state index contributed by atoms with van der Waals surface area (Å²) < 4.78 is 74.7. The molecule has 252 valence electrons. The SMILES string of the molecule is CCc1c(F)ccc2cc(O)cc(-c3c(F)cc4c(N5CCC[C@]6(CNC(=O)O6)C5)nc(OC[C@@]56CCCN5C[C@H](F)C6)nc4c3F)c12. The van der Waals surface area contributed by atoms with E-state index < -0.39 is 46.4 Å². The lowest BCUT2D eigenvalue weighted by Crippen LogP contribution is -2.51. The van der Waals surface area contributed by atoms with Gasteiger partial charge in [-0.1, -0.05) is 13.0 Å². The highest BCUT2D eigenvalue weighted by atomic mass is 19.1. The summed E-state index contributed by atoms with van der Waals surface area (Å²) in [6, 6.07) is 6.38. The Labute approximate surface area is 273 Å². The van der Waals surface area contributed by atoms with Crippen LogP contribution in [0.1, 0.15) is 44.6 Å². The second-order valence-electron chi connectivity index (χ2n) is 13.6. The van der Waals surface area contributed by atoms with Crippen LogP contribution in [-0.2, 0) is 11.2 Å². The number of alkyl halides is 1. The third-order valence-corrected chi connectivity index (χ3v) is 10.6. The molecular formula is C35H35F4N5O4. The van der Waals surface area contributed by atoms with Crippen molar-refractivity contribution < 1.29 is 36.9 Å². The Hall–Kier alpha value is -4.39. The fourth-order valence-electron chi connectivity index (χ4n) is 8.41. The van der Waals surface area contributed by atoms with Gasteiger partial charge in [0.2, 0.25) is 0 Å². The first kappa shape index (κ1) is 30.9. The standard InChI is InChI=1S/C35H35F4N5O4/c1-2-22-25(37)6-5-19-11-21(45)12-23(27(19)22)28-26(38)13-24-30(29(28)39)41-32(47-18-34-7-3-10-44(34)15-20(36)14-34)42-31(24)43-9-4-8-35(17-43)16-40-33(46)48-35/h5-6,11-13,20,45H,2-4,7-10,14-18H2,1H3,(H,40,46)/t20-,34+,35+/m1/s1. The normalized spacial score (nSPS) is 25.6. The number of hydrogen-bond acceptors (Lipinski definition) is 8. The van der Waals surface area contributed by atoms with Gasteiger partial charge in [-0.2, -0.15) is 9.97 Å². The number of fused-ring (bicyclic) bond motifs is 3. The molecule has 13 heteroatoms. The molecular weight excluding hydrogens is 630 g/mol. The molecule has 1 spiro atoms. The van der Waals surface area contributed by atoms with Gasteiger partial charge in [-0.05, 0) is 84.8 Å². The molecule has 2 N–H and O–H groups in total. The van der Waals surface area contributed by atoms with E-state index in [1.165, 1.54) is 24.3 Å². The number of phenolic OH excluding ortho intramolecular Hbond substituents is 1. The second-order valence-corrected chi connectivity index (χ2v) is 13.6. The maximum absolute atomic E-state index is 17.0. The van der Waals surface area contributed by atoms with Gasteiger partial charge in [0.15, 0.2) is 5.82 Å². The van der Waals surface area contributed by atoms with Crippen LogP contribution >= 0.6 is 0 Å². The number of carbonyl (C=O) groups excluding carboxylic acids is 1. The molecule has 48 heavy (non-hydrogen) atoms. The Morgan fingerprint density at radius 1 is 1.10 bits per heavy atom. The number of halogens is 4. The molecule has 4 aromatic rings. The molecule has 4 aliphatic heterocycles. The monoisotopic (exact) mass is 665 g/mol. The van der Waals surface area contributed by atoms with Crippen molar-refractivity contribution in [3.8, 4) is 22.9 Å². The Balaban J connectivity index is 1.29. The minimum Gasteiger partial charge on any atom is -0.508 e. The van der Waals surface area contributed by atoms with Crippen LogP contribution in [0.3, 0.4) is 0 Å². The molecule has 1 amide bonds. The molecule has 0 saturated carbocycles. The van der Waals surface area contributed by atoms with Crippen molar-refractivity contribution in [2.45, 2.75) is 62.8 Å². The highest BCUT2D eigenvalue weighted by molar-refractivity contribution is 6.03. The van der Waals surface area contributed by atoms with Crippen molar-refractivity contribution >= 4 is 33.6 Å². The van der Waals surface area contributed by atoms with Crippen LogP contribution in [0.4, 0.5) is 28.2 Å². The van der Waals surface area contributed by atoms with E-state index in [0.717, 1.165) is 25.5 Å². The van der Waals surface area contributed by atoms with Gasteiger partial charge in [0.1, 0.15) is 47.1 Å². The first-order valence-corrected chi connectivity index (χ1v) is 16.5. The first-order chi connectivity index (χ1) is 23.1. The maximum Gasteiger partial charge on any atom is 0.407 e. The van der Waals surface area contributed by atoms with Crippen molar-refractivity contribution in [3.63, 3.8) is 0 Å². The number of carbonyl (C=O) groups is 1. The lowest BCUT2D eigenvalue weighted by molar-refractivity contribution is 0.0445. The van der Waals surface area contributed by atoms with E-state index in [1.54, 1.807) is 6.92 Å². The van der Waals surface area contributed by atoms with E-state index in [2.05, 4.69) is 20.2 Å². The van der Waals surface area contributed by atoms with Gasteiger partial charge < -0.3 is 24.8 Å². The number of aryl methyl sites for hydroxylation is 1. The third-order valence-electron chi connectivity index (χ3n) is 10.6. The van der Waals surface area contributed by atoms with Crippen LogP contribution in [-0.4, -0.2) is 82.7 Å². The molecule has 4 aliphatic rings. The van der Waals surface area contributed by atoms with Gasteiger partial charge in [-0.15, -0.1) is 0 Å². The van der Waals surface area contributed by atoms with Crippen molar-refractivity contribution in [1.82, 2.24) is 20.2 Å². The number of aromatic nitrogens is 2. The van der Waals surface area contributed by atoms with E-state index >= 15 is 13.2 Å². The van der Waals surface area contributed by atoms with Crippen molar-refractivity contribution in [3.05, 3.63) is 53.3 Å². The Kier molecular flexibility index (Phi) is 7.31. The molecule has 3 aromatic carbocycles. The molecule has 9 nitrogen and oxygen atoms in total. The van der Waals surface area contributed by atoms with Crippen LogP contribution in [0.2, 0.25) is 0 Å². The topological polar surface area (TPSA) is 100 Å². The molecule has 4 fully saturated rings. The summed E-state index contributed by atoms with van der Waals surface area (Å²) in [4.78, 5) is 25.1. The van der Waals surface area contributed by atoms with Gasteiger partial charge >= 0.3 is 12.1 Å². The van der Waals surface area contributed by atoms with E-state index in [4.69, 9.17) is 9.47 Å². The minimum atomic E-state index is -1.03. The molecule has 0 unspecified atom stereocenters. The minimum absolute atomic E-state index is 0.0119. The molecule has 4 saturated heterocycles. The number of ether oxygens (including phenoxy) is 2. The van der Waals surface area contributed by atoms with Gasteiger partial charge in [-0.3, -0.25) is 4.90 Å². The van der Waals surface area contributed by atoms with Crippen LogP contribution in [0, 0.1) is 17.5 Å². The summed E-state index contributed by atoms with van der Waals surface area (Å²) in [5.74, 6) is -2.53. The number of rotatable bonds is 6. The number of piperidine rings is 1. The first-order valence-electron chi connectivity index (χ1n) is 16.5. The molecule has 1 aromatic heterocycles. The summed E-state index contributed by atoms with van der Waals surface area (Å²) in [7, 11) is 0. The van der Waals surface area contributed by atoms with Crippen LogP contribution < -0.4 is 15.0 Å². The molecule has 5 heterocycles. The number of amides is 1. The predicted molar refractivity (Wildman–Crippen MR) is 171 cm³/mol. The van der Waals surface area contributed by atoms with E-state index in [1.807, 2.05) is 4.90 Å². The zero-order valence-corrected chi connectivity index (χ0v) is 26.4. The Morgan fingerprint density at radius 3 is 2.73 bits per heavy atom. The number of nitrogens with one attached hydrogen (secondary N) is 1. The lowest BCUT2D eigenvalue weighted by atomic mass is 9.91. The van der Waals surface area contributed by atoms with Gasteiger partial charge in [0.05, 0.1) is 24.2 Å². The van der Waals surface area contributed by atoms with Crippen LogP contribution in [0.15, 0.2) is 30.3 Å². The second kappa shape index (κ2) is 11.4. The highest BCUT2D eigenvalue weighted by Gasteiger charge is 2.49. The highest BCUT2D eigenvalue weighted by Crippen LogP contribution is 2.44. The van der Waals surface area contributed by atoms with Crippen LogP contribution in [0.5, 0.6) is 11.8 Å². The molecule has 3 atom stereocenters. The summed E-state index contributed by atoms with van der Waals surface area (Å²) >= 11 is 0. The van der Waals surface area contributed by atoms with Crippen LogP contribution in [0.25, 0.3) is 32.8 Å². The molecule has 8 rings (SSSR count). The number of nitrogens with zero attached hydrogens (tertiary/aromatic N) is 4. The maximum atomic E-state index is 17.0. The molecule has 0 radical (unpaired) electrons. The predicted octanol–water partition coefficient (Wildman–Crippen LogP) is 6.17. The number of anilines is 1. The summed E-state index contributed by atoms with van der Waals surface area (Å²) in [6.45, 7) is 3.89. The summed E-state index contributed by atoms with van der Waals surface area (Å²) in [5.41, 5.74) is -1.81. The van der Waals surface area contributed by atoms with Gasteiger partial charge in [0, 0.05) is 24.9 Å². The largest absolute Gasteiger partial charge is 0.508 e. The average molecular weight is 666 g/mol. The molecule has 0 aliphatic carbocycles. The van der Waals surface area contributed by atoms with Crippen molar-refractivity contribution in [2.75, 3.05) is 44.2 Å². The fraction of sp³-hybridized carbons (Fsp3) is 0.457. The quantitative estimate of drug-likeness (QED) is 0.236. The van der Waals surface area contributed by atoms with Crippen molar-refractivity contribution in [2.24, 2.45) is 0 Å². The number of phenols is 1. The van der Waals surface area contributed by atoms with Crippen molar-refractivity contribution in [1.29, 1.82) is 0 Å². The lowest BCUT2D eigenvalue weighted by Gasteiger charge is -2.39. The fourth-order valence-corrected chi connectivity index (χ4v) is 8.41. The molecule has 0 bridgehead atoms. The summed E-state index contributed by atoms with van der Waals surface area (Å²) in [5, 5.41) is 14.1. The van der Waals surface area contributed by atoms with E-state index in [-0.39, 0.29) is 71.1 Å². The Morgan fingerprint density at radius 2 is 1.94 bits per heavy atom. The average Bonchev–Trinajstić information content (AvgIpc) is 3.71. The Bertz CT molecular complexity index is 1980. The number of hydrogen-bond donors (Lipinski definition) is 2. The number of alkyl carbamates (subject to hydrolysis) is 1. The smallest absolute Gasteiger partial charge is 0.407 e. The number of aromatic hydroxyl groups is 1. The number of benzene rings is 3. The zero-order valence-electron chi connectivity index (χ0n) is 26.4. The van der Waals surface area contributed by atoms with E-state index in [0.29, 0.717) is 37.7 Å². The van der Waals surface area contributed by atoms with Gasteiger partial charge in [0.25, 0.3) is 0 Å².